The smallest absolute Gasteiger partial charge is 0.266 e. The van der Waals surface area contributed by atoms with Crippen LogP contribution in [0.4, 0.5) is 5.69 Å². The number of hydrogen-bond acceptors (Lipinski definition) is 7. The zero-order valence-corrected chi connectivity index (χ0v) is 16.7. The summed E-state index contributed by atoms with van der Waals surface area (Å²) >= 11 is 6.51. The summed E-state index contributed by atoms with van der Waals surface area (Å²) < 4.78 is 11.1. The van der Waals surface area contributed by atoms with E-state index in [0.717, 1.165) is 5.56 Å². The molecular weight excluding hydrogens is 412 g/mol. The molecular formula is C20H16N2O5S2. The lowest BCUT2D eigenvalue weighted by atomic mass is 10.2. The van der Waals surface area contributed by atoms with Crippen molar-refractivity contribution in [1.29, 1.82) is 0 Å². The Bertz CT molecular complexity index is 1020. The number of fused-ring (bicyclic) bond motifs is 1. The van der Waals surface area contributed by atoms with Gasteiger partial charge in [-0.15, -0.1) is 0 Å². The molecule has 29 heavy (non-hydrogen) atoms. The summed E-state index contributed by atoms with van der Waals surface area (Å²) in [6.07, 6.45) is 1.85. The number of ether oxygens (including phenoxy) is 2. The zero-order chi connectivity index (χ0) is 20.4. The third-order valence-corrected chi connectivity index (χ3v) is 5.66. The molecule has 4 rings (SSSR count). The molecule has 2 N–H and O–H groups in total. The maximum atomic E-state index is 12.7. The normalized spacial score (nSPS) is 16.6. The van der Waals surface area contributed by atoms with Gasteiger partial charge in [-0.2, -0.15) is 0 Å². The highest BCUT2D eigenvalue weighted by Gasteiger charge is 2.32. The van der Waals surface area contributed by atoms with Crippen molar-refractivity contribution in [3.63, 3.8) is 0 Å². The van der Waals surface area contributed by atoms with E-state index < -0.39 is 0 Å². The molecule has 148 valence electrons. The van der Waals surface area contributed by atoms with Crippen molar-refractivity contribution in [2.75, 3.05) is 18.7 Å². The second-order valence-electron chi connectivity index (χ2n) is 6.29. The number of aromatic hydroxyl groups is 1. The lowest BCUT2D eigenvalue weighted by molar-refractivity contribution is -0.122. The summed E-state index contributed by atoms with van der Waals surface area (Å²) in [6, 6.07) is 11.6. The third kappa shape index (κ3) is 4.36. The van der Waals surface area contributed by atoms with Crippen LogP contribution in [-0.2, 0) is 9.59 Å². The van der Waals surface area contributed by atoms with Crippen LogP contribution < -0.4 is 14.8 Å². The van der Waals surface area contributed by atoms with Crippen molar-refractivity contribution in [1.82, 2.24) is 4.90 Å². The number of rotatable bonds is 5. The van der Waals surface area contributed by atoms with Gasteiger partial charge in [-0.25, -0.2) is 0 Å². The van der Waals surface area contributed by atoms with E-state index in [1.807, 2.05) is 6.07 Å². The fourth-order valence-corrected chi connectivity index (χ4v) is 4.14. The molecule has 0 radical (unpaired) electrons. The van der Waals surface area contributed by atoms with E-state index in [2.05, 4.69) is 5.32 Å². The number of anilines is 1. The summed E-state index contributed by atoms with van der Waals surface area (Å²) in [5, 5.41) is 12.0. The number of phenols is 1. The van der Waals surface area contributed by atoms with Gasteiger partial charge in [-0.1, -0.05) is 30.0 Å². The number of nitrogens with one attached hydrogen (secondary N) is 1. The Labute approximate surface area is 176 Å². The van der Waals surface area contributed by atoms with Crippen LogP contribution >= 0.6 is 24.0 Å². The lowest BCUT2D eigenvalue weighted by Gasteiger charge is -2.14. The number of carbonyl (C=O) groups is 2. The Hall–Kier alpha value is -3.04. The summed E-state index contributed by atoms with van der Waals surface area (Å²) in [5.41, 5.74) is 1.38. The topological polar surface area (TPSA) is 88.1 Å². The average molecular weight is 428 g/mol. The van der Waals surface area contributed by atoms with Gasteiger partial charge >= 0.3 is 0 Å². The van der Waals surface area contributed by atoms with E-state index in [1.54, 1.807) is 30.3 Å². The monoisotopic (exact) mass is 428 g/mol. The second-order valence-corrected chi connectivity index (χ2v) is 7.97. The van der Waals surface area contributed by atoms with Crippen molar-refractivity contribution in [2.24, 2.45) is 0 Å². The number of benzene rings is 2. The molecule has 2 aromatic rings. The summed E-state index contributed by atoms with van der Waals surface area (Å²) in [7, 11) is 0. The first-order valence-corrected chi connectivity index (χ1v) is 9.96. The Morgan fingerprint density at radius 2 is 1.97 bits per heavy atom. The minimum Gasteiger partial charge on any atom is -0.508 e. The molecule has 0 bridgehead atoms. The van der Waals surface area contributed by atoms with Gasteiger partial charge < -0.3 is 19.9 Å². The predicted octanol–water partition coefficient (Wildman–Crippen LogP) is 3.35. The molecule has 2 amide bonds. The van der Waals surface area contributed by atoms with Gasteiger partial charge in [0.25, 0.3) is 5.91 Å². The molecule has 0 atom stereocenters. The van der Waals surface area contributed by atoms with E-state index in [-0.39, 0.29) is 37.3 Å². The van der Waals surface area contributed by atoms with E-state index in [0.29, 0.717) is 26.4 Å². The third-order valence-electron chi connectivity index (χ3n) is 4.28. The molecule has 0 spiro atoms. The van der Waals surface area contributed by atoms with Crippen molar-refractivity contribution in [3.05, 3.63) is 52.9 Å². The molecule has 2 heterocycles. The molecule has 1 fully saturated rings. The lowest BCUT2D eigenvalue weighted by Crippen LogP contribution is -2.31. The number of nitrogens with zero attached hydrogens (tertiary/aromatic N) is 1. The molecule has 7 nitrogen and oxygen atoms in total. The molecule has 0 aliphatic carbocycles. The Morgan fingerprint density at radius 1 is 1.21 bits per heavy atom. The second kappa shape index (κ2) is 8.14. The van der Waals surface area contributed by atoms with Gasteiger partial charge in [0, 0.05) is 18.7 Å². The quantitative estimate of drug-likeness (QED) is 0.429. The van der Waals surface area contributed by atoms with E-state index in [9.17, 15) is 14.7 Å². The van der Waals surface area contributed by atoms with E-state index in [1.165, 1.54) is 28.8 Å². The van der Waals surface area contributed by atoms with Crippen LogP contribution in [0.25, 0.3) is 6.08 Å². The van der Waals surface area contributed by atoms with Crippen molar-refractivity contribution >= 4 is 51.9 Å². The standard InChI is InChI=1S/C20H16N2O5S2/c23-14-4-2-13(3-5-14)21-18(24)7-8-22-19(25)17(29-20(22)28)10-12-1-6-15-16(9-12)27-11-26-15/h1-6,9-10,23H,7-8,11H2,(H,21,24). The first kappa shape index (κ1) is 19.3. The van der Waals surface area contributed by atoms with Crippen molar-refractivity contribution < 1.29 is 24.2 Å². The largest absolute Gasteiger partial charge is 0.508 e. The molecule has 1 saturated heterocycles. The molecule has 0 saturated carbocycles. The average Bonchev–Trinajstić information content (AvgIpc) is 3.26. The number of phenolic OH excluding ortho intramolecular Hbond substituents is 1. The predicted molar refractivity (Wildman–Crippen MR) is 114 cm³/mol. The fourth-order valence-electron chi connectivity index (χ4n) is 2.83. The highest BCUT2D eigenvalue weighted by Crippen LogP contribution is 2.36. The zero-order valence-electron chi connectivity index (χ0n) is 15.1. The Balaban J connectivity index is 1.38. The van der Waals surface area contributed by atoms with E-state index in [4.69, 9.17) is 21.7 Å². The van der Waals surface area contributed by atoms with Gasteiger partial charge in [-0.3, -0.25) is 14.5 Å². The summed E-state index contributed by atoms with van der Waals surface area (Å²) in [4.78, 5) is 26.8. The SMILES string of the molecule is O=C(CCN1C(=O)C(=Cc2ccc3c(c2)OCO3)SC1=S)Nc1ccc(O)cc1. The minimum atomic E-state index is -0.246. The van der Waals surface area contributed by atoms with Crippen LogP contribution in [0.15, 0.2) is 47.4 Å². The molecule has 0 aromatic heterocycles. The minimum absolute atomic E-state index is 0.102. The van der Waals surface area contributed by atoms with Crippen LogP contribution in [0.2, 0.25) is 0 Å². The van der Waals surface area contributed by atoms with Gasteiger partial charge in [0.05, 0.1) is 4.91 Å². The number of carbonyl (C=O) groups excluding carboxylic acids is 2. The van der Waals surface area contributed by atoms with Crippen LogP contribution in [-0.4, -0.2) is 39.5 Å². The maximum absolute atomic E-state index is 12.7. The van der Waals surface area contributed by atoms with Gasteiger partial charge in [0.2, 0.25) is 12.7 Å². The number of thioether (sulfide) groups is 1. The molecule has 2 aliphatic rings. The first-order valence-electron chi connectivity index (χ1n) is 8.73. The van der Waals surface area contributed by atoms with Gasteiger partial charge in [0.15, 0.2) is 11.5 Å². The summed E-state index contributed by atoms with van der Waals surface area (Å²) in [5.74, 6) is 0.962. The van der Waals surface area contributed by atoms with Crippen LogP contribution in [0.3, 0.4) is 0 Å². The number of thiocarbonyl (C=S) groups is 1. The fraction of sp³-hybridized carbons (Fsp3) is 0.150. The van der Waals surface area contributed by atoms with Crippen molar-refractivity contribution in [2.45, 2.75) is 6.42 Å². The Morgan fingerprint density at radius 3 is 2.76 bits per heavy atom. The van der Waals surface area contributed by atoms with Crippen LogP contribution in [0, 0.1) is 0 Å². The highest BCUT2D eigenvalue weighted by atomic mass is 32.2. The maximum Gasteiger partial charge on any atom is 0.266 e. The Kier molecular flexibility index (Phi) is 5.41. The highest BCUT2D eigenvalue weighted by molar-refractivity contribution is 8.26. The number of hydrogen-bond donors (Lipinski definition) is 2. The van der Waals surface area contributed by atoms with Gasteiger partial charge in [-0.05, 0) is 48.0 Å². The number of amides is 2. The molecule has 2 aliphatic heterocycles. The van der Waals surface area contributed by atoms with E-state index >= 15 is 0 Å². The van der Waals surface area contributed by atoms with Crippen LogP contribution in [0.1, 0.15) is 12.0 Å². The molecule has 0 unspecified atom stereocenters. The van der Waals surface area contributed by atoms with Crippen LogP contribution in [0.5, 0.6) is 17.2 Å². The first-order chi connectivity index (χ1) is 14.0. The summed E-state index contributed by atoms with van der Waals surface area (Å²) in [6.45, 7) is 0.375. The van der Waals surface area contributed by atoms with Gasteiger partial charge in [0.1, 0.15) is 10.1 Å². The van der Waals surface area contributed by atoms with Crippen molar-refractivity contribution in [3.8, 4) is 17.2 Å². The molecule has 2 aromatic carbocycles. The molecule has 9 heteroatoms.